The van der Waals surface area contributed by atoms with Gasteiger partial charge < -0.3 is 10.7 Å². The van der Waals surface area contributed by atoms with Crippen molar-refractivity contribution >= 4 is 0 Å². The summed E-state index contributed by atoms with van der Waals surface area (Å²) < 4.78 is 13.6. The maximum absolute atomic E-state index is 13.6. The van der Waals surface area contributed by atoms with Gasteiger partial charge in [-0.1, -0.05) is 0 Å². The second kappa shape index (κ2) is 3.69. The molecule has 3 nitrogen and oxygen atoms in total. The van der Waals surface area contributed by atoms with Gasteiger partial charge in [0.05, 0.1) is 5.69 Å². The van der Waals surface area contributed by atoms with Gasteiger partial charge in [0.2, 0.25) is 0 Å². The molecule has 0 aliphatic heterocycles. The quantitative estimate of drug-likeness (QED) is 0.780. The molecular formula is C10H18FN3. The van der Waals surface area contributed by atoms with Crippen LogP contribution in [-0.2, 0) is 12.1 Å². The molecule has 0 radical (unpaired) electrons. The minimum Gasteiger partial charge on any atom is -0.346 e. The molecule has 0 saturated heterocycles. The summed E-state index contributed by atoms with van der Waals surface area (Å²) in [6, 6.07) is 0.0381. The van der Waals surface area contributed by atoms with Crippen LogP contribution in [0, 0.1) is 6.92 Å². The Morgan fingerprint density at radius 2 is 2.14 bits per heavy atom. The third kappa shape index (κ3) is 2.54. The topological polar surface area (TPSA) is 54.7 Å². The predicted molar refractivity (Wildman–Crippen MR) is 54.8 cm³/mol. The van der Waals surface area contributed by atoms with Gasteiger partial charge >= 0.3 is 0 Å². The molecule has 0 aliphatic carbocycles. The van der Waals surface area contributed by atoms with E-state index in [0.717, 1.165) is 11.5 Å². The number of rotatable bonds is 3. The highest BCUT2D eigenvalue weighted by molar-refractivity contribution is 5.19. The van der Waals surface area contributed by atoms with E-state index in [4.69, 9.17) is 5.73 Å². The Labute approximate surface area is 83.9 Å². The largest absolute Gasteiger partial charge is 0.346 e. The molecule has 1 aromatic heterocycles. The Bertz CT molecular complexity index is 310. The fourth-order valence-electron chi connectivity index (χ4n) is 1.50. The molecule has 1 aromatic rings. The van der Waals surface area contributed by atoms with Gasteiger partial charge in [0.1, 0.15) is 11.5 Å². The number of aryl methyl sites for hydroxylation is 1. The van der Waals surface area contributed by atoms with E-state index in [0.29, 0.717) is 12.1 Å². The van der Waals surface area contributed by atoms with Crippen LogP contribution in [0.5, 0.6) is 0 Å². The highest BCUT2D eigenvalue weighted by Gasteiger charge is 2.25. The van der Waals surface area contributed by atoms with E-state index < -0.39 is 5.67 Å². The summed E-state index contributed by atoms with van der Waals surface area (Å²) in [6.07, 6.45) is 0.650. The van der Waals surface area contributed by atoms with Crippen LogP contribution in [-0.4, -0.2) is 16.0 Å². The van der Waals surface area contributed by atoms with Crippen LogP contribution in [0.2, 0.25) is 0 Å². The van der Waals surface area contributed by atoms with E-state index >= 15 is 0 Å². The summed E-state index contributed by atoms with van der Waals surface area (Å²) in [6.45, 7) is 6.74. The summed E-state index contributed by atoms with van der Waals surface area (Å²) in [4.78, 5) is 7.26. The number of nitrogens with two attached hydrogens (primary N) is 1. The lowest BCUT2D eigenvalue weighted by molar-refractivity contribution is 0.213. The summed E-state index contributed by atoms with van der Waals surface area (Å²) in [5.41, 5.74) is 5.51. The van der Waals surface area contributed by atoms with Gasteiger partial charge in [0.15, 0.2) is 0 Å². The molecule has 0 aromatic carbocycles. The number of alkyl halides is 1. The number of imidazole rings is 1. The van der Waals surface area contributed by atoms with Crippen LogP contribution in [0.4, 0.5) is 4.39 Å². The molecule has 0 spiro atoms. The van der Waals surface area contributed by atoms with E-state index in [-0.39, 0.29) is 6.04 Å². The Balaban J connectivity index is 2.94. The van der Waals surface area contributed by atoms with Crippen LogP contribution in [0.25, 0.3) is 0 Å². The van der Waals surface area contributed by atoms with Crippen molar-refractivity contribution in [3.8, 4) is 0 Å². The molecule has 80 valence electrons. The standard InChI is InChI=1S/C10H18FN3/c1-6(12)5-8-13-7(2)9(14-8)10(3,4)11/h6H,5,12H2,1-4H3,(H,13,14). The minimum absolute atomic E-state index is 0.0381. The van der Waals surface area contributed by atoms with Crippen LogP contribution in [0.1, 0.15) is 38.0 Å². The van der Waals surface area contributed by atoms with Crippen molar-refractivity contribution in [2.45, 2.75) is 45.8 Å². The number of aromatic amines is 1. The van der Waals surface area contributed by atoms with Crippen LogP contribution < -0.4 is 5.73 Å². The van der Waals surface area contributed by atoms with Gasteiger partial charge in [0, 0.05) is 18.2 Å². The minimum atomic E-state index is -1.39. The fraction of sp³-hybridized carbons (Fsp3) is 0.700. The molecule has 14 heavy (non-hydrogen) atoms. The highest BCUT2D eigenvalue weighted by Crippen LogP contribution is 2.25. The van der Waals surface area contributed by atoms with Gasteiger partial charge in [-0.05, 0) is 27.7 Å². The van der Waals surface area contributed by atoms with Crippen LogP contribution in [0.3, 0.4) is 0 Å². The van der Waals surface area contributed by atoms with Gasteiger partial charge in [-0.25, -0.2) is 9.37 Å². The first kappa shape index (κ1) is 11.2. The monoisotopic (exact) mass is 199 g/mol. The SMILES string of the molecule is Cc1[nH]c(CC(C)N)nc1C(C)(C)F. The molecular weight excluding hydrogens is 181 g/mol. The van der Waals surface area contributed by atoms with Crippen molar-refractivity contribution in [3.63, 3.8) is 0 Å². The second-order valence-electron chi connectivity index (χ2n) is 4.31. The van der Waals surface area contributed by atoms with E-state index in [1.54, 1.807) is 0 Å². The third-order valence-corrected chi connectivity index (χ3v) is 2.01. The smallest absolute Gasteiger partial charge is 0.149 e. The van der Waals surface area contributed by atoms with Crippen molar-refractivity contribution in [2.24, 2.45) is 5.73 Å². The lowest BCUT2D eigenvalue weighted by Gasteiger charge is -2.11. The molecule has 3 N–H and O–H groups in total. The van der Waals surface area contributed by atoms with Crippen LogP contribution >= 0.6 is 0 Å². The fourth-order valence-corrected chi connectivity index (χ4v) is 1.50. The van der Waals surface area contributed by atoms with Crippen molar-refractivity contribution < 1.29 is 4.39 Å². The summed E-state index contributed by atoms with van der Waals surface area (Å²) in [7, 11) is 0. The second-order valence-corrected chi connectivity index (χ2v) is 4.31. The average molecular weight is 199 g/mol. The number of nitrogens with one attached hydrogen (secondary N) is 1. The van der Waals surface area contributed by atoms with Gasteiger partial charge in [0.25, 0.3) is 0 Å². The number of H-pyrrole nitrogens is 1. The first-order valence-corrected chi connectivity index (χ1v) is 4.81. The molecule has 1 rings (SSSR count). The predicted octanol–water partition coefficient (Wildman–Crippen LogP) is 1.81. The van der Waals surface area contributed by atoms with Gasteiger partial charge in [-0.2, -0.15) is 0 Å². The van der Waals surface area contributed by atoms with Gasteiger partial charge in [-0.15, -0.1) is 0 Å². The number of hydrogen-bond donors (Lipinski definition) is 2. The first-order valence-electron chi connectivity index (χ1n) is 4.81. The molecule has 1 atom stereocenters. The summed E-state index contributed by atoms with van der Waals surface area (Å²) in [5.74, 6) is 0.762. The lowest BCUT2D eigenvalue weighted by atomic mass is 10.1. The normalized spacial score (nSPS) is 14.4. The molecule has 4 heteroatoms. The Morgan fingerprint density at radius 3 is 2.50 bits per heavy atom. The Hall–Kier alpha value is -0.900. The zero-order valence-corrected chi connectivity index (χ0v) is 9.19. The summed E-state index contributed by atoms with van der Waals surface area (Å²) in [5, 5.41) is 0. The maximum atomic E-state index is 13.6. The van der Waals surface area contributed by atoms with E-state index in [2.05, 4.69) is 9.97 Å². The molecule has 1 heterocycles. The number of aromatic nitrogens is 2. The van der Waals surface area contributed by atoms with Crippen molar-refractivity contribution in [3.05, 3.63) is 17.2 Å². The van der Waals surface area contributed by atoms with Gasteiger partial charge in [-0.3, -0.25) is 0 Å². The number of nitrogens with zero attached hydrogens (tertiary/aromatic N) is 1. The summed E-state index contributed by atoms with van der Waals surface area (Å²) >= 11 is 0. The molecule has 0 aliphatic rings. The lowest BCUT2D eigenvalue weighted by Crippen LogP contribution is -2.18. The Morgan fingerprint density at radius 1 is 1.57 bits per heavy atom. The van der Waals surface area contributed by atoms with E-state index in [1.165, 1.54) is 13.8 Å². The number of hydrogen-bond acceptors (Lipinski definition) is 2. The maximum Gasteiger partial charge on any atom is 0.149 e. The Kier molecular flexibility index (Phi) is 2.95. The molecule has 0 bridgehead atoms. The van der Waals surface area contributed by atoms with Crippen molar-refractivity contribution in [2.75, 3.05) is 0 Å². The molecule has 0 amide bonds. The number of halogens is 1. The third-order valence-electron chi connectivity index (χ3n) is 2.01. The first-order chi connectivity index (χ1) is 6.30. The van der Waals surface area contributed by atoms with E-state index in [9.17, 15) is 4.39 Å². The molecule has 0 saturated carbocycles. The van der Waals surface area contributed by atoms with Crippen LogP contribution in [0.15, 0.2) is 0 Å². The van der Waals surface area contributed by atoms with Crippen molar-refractivity contribution in [1.82, 2.24) is 9.97 Å². The van der Waals surface area contributed by atoms with E-state index in [1.807, 2.05) is 13.8 Å². The average Bonchev–Trinajstić information content (AvgIpc) is 2.27. The molecule has 0 fully saturated rings. The van der Waals surface area contributed by atoms with Crippen molar-refractivity contribution in [1.29, 1.82) is 0 Å². The molecule has 1 unspecified atom stereocenters. The zero-order valence-electron chi connectivity index (χ0n) is 9.19. The highest BCUT2D eigenvalue weighted by atomic mass is 19.1. The zero-order chi connectivity index (χ0) is 10.9.